The van der Waals surface area contributed by atoms with Gasteiger partial charge in [-0.25, -0.2) is 0 Å². The van der Waals surface area contributed by atoms with Gasteiger partial charge >= 0.3 is 0 Å². The van der Waals surface area contributed by atoms with Gasteiger partial charge in [0.25, 0.3) is 0 Å². The monoisotopic (exact) mass is 264 g/mol. The van der Waals surface area contributed by atoms with Crippen LogP contribution in [0.2, 0.25) is 0 Å². The van der Waals surface area contributed by atoms with Crippen LogP contribution >= 0.6 is 0 Å². The molecule has 1 aromatic carbocycles. The van der Waals surface area contributed by atoms with Crippen molar-refractivity contribution in [1.29, 1.82) is 0 Å². The largest absolute Gasteiger partial charge is 0.493 e. The molecule has 0 radical (unpaired) electrons. The second kappa shape index (κ2) is 5.54. The van der Waals surface area contributed by atoms with Gasteiger partial charge in [0.2, 0.25) is 0 Å². The van der Waals surface area contributed by atoms with Crippen LogP contribution in [-0.2, 0) is 5.41 Å². The van der Waals surface area contributed by atoms with Crippen molar-refractivity contribution in [2.75, 3.05) is 6.61 Å². The van der Waals surface area contributed by atoms with Crippen LogP contribution in [0.4, 0.5) is 0 Å². The summed E-state index contributed by atoms with van der Waals surface area (Å²) in [5.41, 5.74) is 1.97. The van der Waals surface area contributed by atoms with Gasteiger partial charge in [0.15, 0.2) is 0 Å². The molecule has 2 nitrogen and oxygen atoms in total. The third kappa shape index (κ3) is 3.97. The summed E-state index contributed by atoms with van der Waals surface area (Å²) in [5.74, 6) is 0.790. The Morgan fingerprint density at radius 3 is 2.11 bits per heavy atom. The third-order valence-electron chi connectivity index (χ3n) is 3.29. The summed E-state index contributed by atoms with van der Waals surface area (Å²) in [6.07, 6.45) is -0.531. The lowest BCUT2D eigenvalue weighted by atomic mass is 9.80. The van der Waals surface area contributed by atoms with Crippen molar-refractivity contribution in [2.24, 2.45) is 5.41 Å². The summed E-state index contributed by atoms with van der Waals surface area (Å²) in [7, 11) is 0. The Balaban J connectivity index is 3.31. The number of hydrogen-bond donors (Lipinski definition) is 1. The predicted molar refractivity (Wildman–Crippen MR) is 80.7 cm³/mol. The van der Waals surface area contributed by atoms with Crippen LogP contribution in [0.3, 0.4) is 0 Å². The van der Waals surface area contributed by atoms with E-state index in [2.05, 4.69) is 32.9 Å². The first-order valence-corrected chi connectivity index (χ1v) is 7.02. The average Bonchev–Trinajstić information content (AvgIpc) is 2.26. The van der Waals surface area contributed by atoms with Gasteiger partial charge in [-0.3, -0.25) is 0 Å². The first-order valence-electron chi connectivity index (χ1n) is 7.02. The summed E-state index contributed by atoms with van der Waals surface area (Å²) in [5, 5.41) is 10.6. The van der Waals surface area contributed by atoms with Gasteiger partial charge in [-0.15, -0.1) is 0 Å². The van der Waals surface area contributed by atoms with Crippen LogP contribution < -0.4 is 4.74 Å². The minimum Gasteiger partial charge on any atom is -0.493 e. The third-order valence-corrected chi connectivity index (χ3v) is 3.29. The number of ether oxygens (including phenoxy) is 1. The number of hydrogen-bond acceptors (Lipinski definition) is 2. The van der Waals surface area contributed by atoms with E-state index in [1.807, 2.05) is 33.8 Å². The zero-order valence-electron chi connectivity index (χ0n) is 13.4. The molecule has 19 heavy (non-hydrogen) atoms. The van der Waals surface area contributed by atoms with Crippen LogP contribution in [0.5, 0.6) is 5.75 Å². The van der Waals surface area contributed by atoms with Crippen molar-refractivity contribution in [2.45, 2.75) is 60.0 Å². The van der Waals surface area contributed by atoms with E-state index in [1.54, 1.807) is 0 Å². The van der Waals surface area contributed by atoms with Crippen molar-refractivity contribution in [3.63, 3.8) is 0 Å². The topological polar surface area (TPSA) is 29.5 Å². The van der Waals surface area contributed by atoms with E-state index >= 15 is 0 Å². The highest BCUT2D eigenvalue weighted by atomic mass is 16.5. The first-order chi connectivity index (χ1) is 8.57. The SMILES string of the molecule is CCOc1ccc(C(C)(C)C)cc1C(O)C(C)(C)C. The quantitative estimate of drug-likeness (QED) is 0.873. The van der Waals surface area contributed by atoms with Gasteiger partial charge in [-0.2, -0.15) is 0 Å². The van der Waals surface area contributed by atoms with Crippen LogP contribution in [0.25, 0.3) is 0 Å². The van der Waals surface area contributed by atoms with E-state index in [1.165, 1.54) is 5.56 Å². The molecule has 0 amide bonds. The molecule has 0 fully saturated rings. The molecule has 1 N–H and O–H groups in total. The number of aliphatic hydroxyl groups excluding tert-OH is 1. The van der Waals surface area contributed by atoms with Gasteiger partial charge in [-0.1, -0.05) is 47.6 Å². The van der Waals surface area contributed by atoms with E-state index in [4.69, 9.17) is 4.74 Å². The molecular formula is C17H28O2. The maximum absolute atomic E-state index is 10.6. The molecule has 0 bridgehead atoms. The summed E-state index contributed by atoms with van der Waals surface area (Å²) in [6.45, 7) is 15.2. The lowest BCUT2D eigenvalue weighted by molar-refractivity contribution is 0.0597. The fourth-order valence-electron chi connectivity index (χ4n) is 1.98. The Labute approximate surface area is 117 Å². The number of benzene rings is 1. The average molecular weight is 264 g/mol. The standard InChI is InChI=1S/C17H28O2/c1-8-19-14-10-9-12(16(2,3)4)11-13(14)15(18)17(5,6)7/h9-11,15,18H,8H2,1-7H3. The Morgan fingerprint density at radius 2 is 1.68 bits per heavy atom. The first kappa shape index (κ1) is 16.0. The van der Waals surface area contributed by atoms with E-state index in [0.717, 1.165) is 11.3 Å². The Kier molecular flexibility index (Phi) is 4.67. The molecule has 108 valence electrons. The van der Waals surface area contributed by atoms with Gasteiger partial charge in [0.05, 0.1) is 12.7 Å². The van der Waals surface area contributed by atoms with Gasteiger partial charge < -0.3 is 9.84 Å². The summed E-state index contributed by atoms with van der Waals surface area (Å²) < 4.78 is 5.66. The van der Waals surface area contributed by atoms with Crippen LogP contribution in [0.1, 0.15) is 65.7 Å². The van der Waals surface area contributed by atoms with Crippen molar-refractivity contribution in [1.82, 2.24) is 0 Å². The molecular weight excluding hydrogens is 236 g/mol. The summed E-state index contributed by atoms with van der Waals surface area (Å²) in [4.78, 5) is 0. The molecule has 0 saturated heterocycles. The van der Waals surface area contributed by atoms with E-state index < -0.39 is 6.10 Å². The van der Waals surface area contributed by atoms with E-state index in [-0.39, 0.29) is 10.8 Å². The Bertz CT molecular complexity index is 422. The minimum absolute atomic E-state index is 0.0666. The van der Waals surface area contributed by atoms with E-state index in [9.17, 15) is 5.11 Å². The molecule has 0 aliphatic rings. The molecule has 0 spiro atoms. The summed E-state index contributed by atoms with van der Waals surface area (Å²) in [6, 6.07) is 6.15. The smallest absolute Gasteiger partial charge is 0.125 e. The molecule has 0 saturated carbocycles. The Morgan fingerprint density at radius 1 is 1.11 bits per heavy atom. The molecule has 0 aliphatic heterocycles. The van der Waals surface area contributed by atoms with Crippen molar-refractivity contribution < 1.29 is 9.84 Å². The lowest BCUT2D eigenvalue weighted by Crippen LogP contribution is -2.20. The van der Waals surface area contributed by atoms with Crippen molar-refractivity contribution >= 4 is 0 Å². The molecule has 1 aromatic rings. The molecule has 0 aliphatic carbocycles. The lowest BCUT2D eigenvalue weighted by Gasteiger charge is -2.29. The summed E-state index contributed by atoms with van der Waals surface area (Å²) >= 11 is 0. The zero-order valence-corrected chi connectivity index (χ0v) is 13.4. The maximum atomic E-state index is 10.6. The Hall–Kier alpha value is -1.02. The van der Waals surface area contributed by atoms with E-state index in [0.29, 0.717) is 6.61 Å². The fraction of sp³-hybridized carbons (Fsp3) is 0.647. The van der Waals surface area contributed by atoms with Gasteiger partial charge in [0.1, 0.15) is 5.75 Å². The maximum Gasteiger partial charge on any atom is 0.125 e. The van der Waals surface area contributed by atoms with Crippen LogP contribution in [0, 0.1) is 5.41 Å². The zero-order chi connectivity index (χ0) is 14.8. The molecule has 2 heteroatoms. The number of aliphatic hydroxyl groups is 1. The van der Waals surface area contributed by atoms with Gasteiger partial charge in [-0.05, 0) is 35.4 Å². The molecule has 1 unspecified atom stereocenters. The minimum atomic E-state index is -0.531. The van der Waals surface area contributed by atoms with Crippen molar-refractivity contribution in [3.05, 3.63) is 29.3 Å². The highest BCUT2D eigenvalue weighted by molar-refractivity contribution is 5.41. The predicted octanol–water partition coefficient (Wildman–Crippen LogP) is 4.46. The second-order valence-corrected chi connectivity index (χ2v) is 7.20. The van der Waals surface area contributed by atoms with Crippen LogP contribution in [-0.4, -0.2) is 11.7 Å². The normalized spacial score (nSPS) is 14.3. The van der Waals surface area contributed by atoms with Crippen molar-refractivity contribution in [3.8, 4) is 5.75 Å². The molecule has 1 rings (SSSR count). The molecule has 1 atom stereocenters. The second-order valence-electron chi connectivity index (χ2n) is 7.20. The number of rotatable bonds is 3. The highest BCUT2D eigenvalue weighted by Crippen LogP contribution is 2.39. The van der Waals surface area contributed by atoms with Gasteiger partial charge in [0, 0.05) is 5.56 Å². The molecule has 0 heterocycles. The highest BCUT2D eigenvalue weighted by Gasteiger charge is 2.28. The molecule has 0 aromatic heterocycles. The van der Waals surface area contributed by atoms with Crippen LogP contribution in [0.15, 0.2) is 18.2 Å². The fourth-order valence-corrected chi connectivity index (χ4v) is 1.98.